The van der Waals surface area contributed by atoms with E-state index in [4.69, 9.17) is 10.9 Å². The van der Waals surface area contributed by atoms with Crippen LogP contribution in [0.25, 0.3) is 0 Å². The fourth-order valence-electron chi connectivity index (χ4n) is 2.46. The number of carbonyl (C=O) groups excluding carboxylic acids is 1. The van der Waals surface area contributed by atoms with Crippen LogP contribution in [0.15, 0.2) is 5.16 Å². The number of hydrogen-bond donors (Lipinski definition) is 3. The lowest BCUT2D eigenvalue weighted by atomic mass is 9.67. The van der Waals surface area contributed by atoms with Gasteiger partial charge in [-0.2, -0.15) is 0 Å². The lowest BCUT2D eigenvalue weighted by Gasteiger charge is -2.39. The molecule has 8 heteroatoms. The van der Waals surface area contributed by atoms with Crippen LogP contribution in [0.5, 0.6) is 0 Å². The molecule has 2 fully saturated rings. The number of amides is 1. The summed E-state index contributed by atoms with van der Waals surface area (Å²) in [5, 5.41) is 14.3. The standard InChI is InChI=1S/C10H17N3O4S/c11-8(13-15)10(3-1-4-10)9(14)12-7-2-5-18(16,17)6-7/h7,15H,1-6H2,(H2,11,13)(H,12,14). The van der Waals surface area contributed by atoms with Crippen LogP contribution < -0.4 is 11.1 Å². The van der Waals surface area contributed by atoms with Crippen LogP contribution in [0.3, 0.4) is 0 Å². The Hall–Kier alpha value is -1.31. The first-order valence-corrected chi connectivity index (χ1v) is 7.71. The van der Waals surface area contributed by atoms with E-state index in [1.54, 1.807) is 0 Å². The van der Waals surface area contributed by atoms with Gasteiger partial charge in [0.05, 0.1) is 11.5 Å². The van der Waals surface area contributed by atoms with Gasteiger partial charge in [0.1, 0.15) is 5.41 Å². The molecule has 1 aliphatic heterocycles. The first kappa shape index (κ1) is 13.1. The highest BCUT2D eigenvalue weighted by Gasteiger charge is 2.49. The highest BCUT2D eigenvalue weighted by molar-refractivity contribution is 7.91. The lowest BCUT2D eigenvalue weighted by molar-refractivity contribution is -0.131. The Labute approximate surface area is 105 Å². The van der Waals surface area contributed by atoms with E-state index in [-0.39, 0.29) is 29.3 Å². The maximum atomic E-state index is 12.1. The van der Waals surface area contributed by atoms with Crippen molar-refractivity contribution in [3.8, 4) is 0 Å². The second-order valence-electron chi connectivity index (χ2n) is 4.99. The normalized spacial score (nSPS) is 29.6. The monoisotopic (exact) mass is 275 g/mol. The van der Waals surface area contributed by atoms with Gasteiger partial charge in [0.25, 0.3) is 0 Å². The maximum absolute atomic E-state index is 12.1. The Kier molecular flexibility index (Phi) is 3.22. The van der Waals surface area contributed by atoms with Crippen molar-refractivity contribution in [2.45, 2.75) is 31.7 Å². The number of nitrogens with zero attached hydrogens (tertiary/aromatic N) is 1. The van der Waals surface area contributed by atoms with Crippen molar-refractivity contribution in [3.05, 3.63) is 0 Å². The topological polar surface area (TPSA) is 122 Å². The number of rotatable bonds is 3. The second kappa shape index (κ2) is 4.42. The molecule has 1 saturated carbocycles. The van der Waals surface area contributed by atoms with Crippen molar-refractivity contribution in [2.75, 3.05) is 11.5 Å². The molecule has 0 spiro atoms. The molecule has 0 aromatic carbocycles. The Morgan fingerprint density at radius 2 is 2.11 bits per heavy atom. The molecule has 1 saturated heterocycles. The zero-order chi connectivity index (χ0) is 13.4. The summed E-state index contributed by atoms with van der Waals surface area (Å²) in [6, 6.07) is -0.355. The summed E-state index contributed by atoms with van der Waals surface area (Å²) in [6.45, 7) is 0. The van der Waals surface area contributed by atoms with Crippen molar-refractivity contribution in [1.82, 2.24) is 5.32 Å². The van der Waals surface area contributed by atoms with Crippen LogP contribution >= 0.6 is 0 Å². The first-order chi connectivity index (χ1) is 8.39. The molecular weight excluding hydrogens is 258 g/mol. The molecule has 102 valence electrons. The summed E-state index contributed by atoms with van der Waals surface area (Å²) in [5.41, 5.74) is 4.62. The number of amidine groups is 1. The number of nitrogens with one attached hydrogen (secondary N) is 1. The third-order valence-electron chi connectivity index (χ3n) is 3.81. The third-order valence-corrected chi connectivity index (χ3v) is 5.58. The van der Waals surface area contributed by atoms with E-state index < -0.39 is 15.3 Å². The van der Waals surface area contributed by atoms with Gasteiger partial charge in [-0.3, -0.25) is 4.79 Å². The smallest absolute Gasteiger partial charge is 0.234 e. The molecule has 1 atom stereocenters. The van der Waals surface area contributed by atoms with E-state index in [0.717, 1.165) is 6.42 Å². The fourth-order valence-corrected chi connectivity index (χ4v) is 4.13. The number of hydrogen-bond acceptors (Lipinski definition) is 5. The van der Waals surface area contributed by atoms with Gasteiger partial charge in [0, 0.05) is 6.04 Å². The van der Waals surface area contributed by atoms with Crippen LogP contribution in [0.4, 0.5) is 0 Å². The van der Waals surface area contributed by atoms with Crippen LogP contribution in [0, 0.1) is 5.41 Å². The average molecular weight is 275 g/mol. The van der Waals surface area contributed by atoms with Gasteiger partial charge in [-0.25, -0.2) is 8.42 Å². The molecule has 1 amide bonds. The summed E-state index contributed by atoms with van der Waals surface area (Å²) in [5.74, 6) is -0.335. The van der Waals surface area contributed by atoms with Crippen molar-refractivity contribution in [2.24, 2.45) is 16.3 Å². The molecule has 0 radical (unpaired) electrons. The summed E-state index contributed by atoms with van der Waals surface area (Å²) in [7, 11) is -3.03. The van der Waals surface area contributed by atoms with E-state index in [2.05, 4.69) is 10.5 Å². The zero-order valence-electron chi connectivity index (χ0n) is 9.92. The van der Waals surface area contributed by atoms with Crippen LogP contribution in [0.1, 0.15) is 25.7 Å². The van der Waals surface area contributed by atoms with Crippen LogP contribution in [-0.4, -0.2) is 42.9 Å². The average Bonchev–Trinajstić information content (AvgIpc) is 2.56. The minimum atomic E-state index is -3.03. The quantitative estimate of drug-likeness (QED) is 0.269. The van der Waals surface area contributed by atoms with Gasteiger partial charge in [-0.05, 0) is 19.3 Å². The van der Waals surface area contributed by atoms with Gasteiger partial charge in [0.15, 0.2) is 15.7 Å². The minimum absolute atomic E-state index is 0.0228. The molecule has 2 rings (SSSR count). The first-order valence-electron chi connectivity index (χ1n) is 5.89. The molecule has 0 bridgehead atoms. The summed E-state index contributed by atoms with van der Waals surface area (Å²) in [4.78, 5) is 12.1. The van der Waals surface area contributed by atoms with E-state index >= 15 is 0 Å². The molecule has 1 heterocycles. The molecule has 0 aromatic heterocycles. The Morgan fingerprint density at radius 3 is 2.50 bits per heavy atom. The summed E-state index contributed by atoms with van der Waals surface area (Å²) in [6.07, 6.45) is 2.34. The van der Waals surface area contributed by atoms with Gasteiger partial charge in [-0.15, -0.1) is 0 Å². The maximum Gasteiger partial charge on any atom is 0.234 e. The fraction of sp³-hybridized carbons (Fsp3) is 0.800. The number of oxime groups is 1. The molecule has 4 N–H and O–H groups in total. The van der Waals surface area contributed by atoms with Crippen molar-refractivity contribution in [3.63, 3.8) is 0 Å². The predicted octanol–water partition coefficient (Wildman–Crippen LogP) is -0.794. The molecule has 1 aliphatic carbocycles. The molecule has 2 aliphatic rings. The van der Waals surface area contributed by atoms with E-state index in [1.165, 1.54) is 0 Å². The SMILES string of the molecule is NC(=NO)C1(C(=O)NC2CCS(=O)(=O)C2)CCC1. The summed E-state index contributed by atoms with van der Waals surface area (Å²) >= 11 is 0. The number of nitrogens with two attached hydrogens (primary N) is 1. The van der Waals surface area contributed by atoms with Gasteiger partial charge < -0.3 is 16.3 Å². The highest BCUT2D eigenvalue weighted by Crippen LogP contribution is 2.41. The second-order valence-corrected chi connectivity index (χ2v) is 7.22. The largest absolute Gasteiger partial charge is 0.409 e. The van der Waals surface area contributed by atoms with Gasteiger partial charge in [-0.1, -0.05) is 11.6 Å². The van der Waals surface area contributed by atoms with Crippen molar-refractivity contribution in [1.29, 1.82) is 0 Å². The molecule has 18 heavy (non-hydrogen) atoms. The third kappa shape index (κ3) is 2.16. The van der Waals surface area contributed by atoms with Crippen molar-refractivity contribution < 1.29 is 18.4 Å². The van der Waals surface area contributed by atoms with Gasteiger partial charge >= 0.3 is 0 Å². The zero-order valence-corrected chi connectivity index (χ0v) is 10.7. The van der Waals surface area contributed by atoms with E-state index in [9.17, 15) is 13.2 Å². The highest BCUT2D eigenvalue weighted by atomic mass is 32.2. The lowest BCUT2D eigenvalue weighted by Crippen LogP contribution is -2.56. The molecule has 0 aromatic rings. The Morgan fingerprint density at radius 1 is 1.44 bits per heavy atom. The van der Waals surface area contributed by atoms with E-state index in [0.29, 0.717) is 19.3 Å². The summed E-state index contributed by atoms with van der Waals surface area (Å²) < 4.78 is 22.6. The van der Waals surface area contributed by atoms with Gasteiger partial charge in [0.2, 0.25) is 5.91 Å². The van der Waals surface area contributed by atoms with Crippen LogP contribution in [-0.2, 0) is 14.6 Å². The van der Waals surface area contributed by atoms with Crippen LogP contribution in [0.2, 0.25) is 0 Å². The Bertz CT molecular complexity index is 481. The Balaban J connectivity index is 2.04. The molecular formula is C10H17N3O4S. The minimum Gasteiger partial charge on any atom is -0.409 e. The number of carbonyl (C=O) groups is 1. The number of sulfone groups is 1. The van der Waals surface area contributed by atoms with E-state index in [1.807, 2.05) is 0 Å². The van der Waals surface area contributed by atoms with Crippen molar-refractivity contribution >= 4 is 21.6 Å². The molecule has 7 nitrogen and oxygen atoms in total. The predicted molar refractivity (Wildman–Crippen MR) is 64.9 cm³/mol. The molecule has 1 unspecified atom stereocenters.